The minimum Gasteiger partial charge on any atom is -0.480 e. The number of carboxylic acid groups (broad SMARTS) is 1. The lowest BCUT2D eigenvalue weighted by atomic mass is 9.97. The summed E-state index contributed by atoms with van der Waals surface area (Å²) in [4.78, 5) is 36.5. The highest BCUT2D eigenvalue weighted by Crippen LogP contribution is 2.44. The van der Waals surface area contributed by atoms with Gasteiger partial charge in [-0.25, -0.2) is 9.59 Å². The molecule has 2 aromatic carbocycles. The lowest BCUT2D eigenvalue weighted by molar-refractivity contribution is -0.144. The van der Waals surface area contributed by atoms with Gasteiger partial charge < -0.3 is 25.0 Å². The first kappa shape index (κ1) is 22.6. The van der Waals surface area contributed by atoms with Crippen LogP contribution in [0.4, 0.5) is 4.79 Å². The molecule has 0 unspecified atom stereocenters. The molecule has 0 bridgehead atoms. The van der Waals surface area contributed by atoms with Gasteiger partial charge in [0.2, 0.25) is 0 Å². The molecule has 2 aliphatic carbocycles. The number of hydrogen-bond acceptors (Lipinski definition) is 6. The summed E-state index contributed by atoms with van der Waals surface area (Å²) < 4.78 is 10.6. The van der Waals surface area contributed by atoms with Crippen molar-refractivity contribution >= 4 is 18.0 Å². The molecule has 0 atom stereocenters. The fourth-order valence-corrected chi connectivity index (χ4v) is 4.96. The molecule has 3 N–H and O–H groups in total. The van der Waals surface area contributed by atoms with Crippen LogP contribution in [0.25, 0.3) is 11.1 Å². The first-order chi connectivity index (χ1) is 17.0. The van der Waals surface area contributed by atoms with Gasteiger partial charge in [-0.05, 0) is 35.1 Å². The van der Waals surface area contributed by atoms with Crippen LogP contribution in [0.2, 0.25) is 0 Å². The van der Waals surface area contributed by atoms with Gasteiger partial charge in [0.15, 0.2) is 11.5 Å². The number of benzene rings is 2. The Morgan fingerprint density at radius 1 is 1.03 bits per heavy atom. The molecule has 9 nitrogen and oxygen atoms in total. The summed E-state index contributed by atoms with van der Waals surface area (Å²) in [6.45, 7) is 0.155. The van der Waals surface area contributed by atoms with Crippen LogP contribution < -0.4 is 10.6 Å². The molecule has 2 aliphatic rings. The number of rotatable bonds is 7. The summed E-state index contributed by atoms with van der Waals surface area (Å²) in [5.41, 5.74) is 3.22. The van der Waals surface area contributed by atoms with E-state index in [0.29, 0.717) is 12.8 Å². The van der Waals surface area contributed by atoms with Gasteiger partial charge in [-0.1, -0.05) is 66.5 Å². The number of carboxylic acids is 1. The van der Waals surface area contributed by atoms with Gasteiger partial charge in [-0.15, -0.1) is 0 Å². The Morgan fingerprint density at radius 2 is 1.66 bits per heavy atom. The second kappa shape index (κ2) is 9.25. The molecule has 1 saturated carbocycles. The summed E-state index contributed by atoms with van der Waals surface area (Å²) in [6.07, 6.45) is 1.61. The van der Waals surface area contributed by atoms with Gasteiger partial charge in [-0.3, -0.25) is 4.79 Å². The van der Waals surface area contributed by atoms with Crippen LogP contribution in [0.15, 0.2) is 59.1 Å². The predicted octanol–water partition coefficient (Wildman–Crippen LogP) is 3.84. The number of amides is 2. The monoisotopic (exact) mass is 475 g/mol. The van der Waals surface area contributed by atoms with E-state index in [1.165, 1.54) is 6.07 Å². The van der Waals surface area contributed by atoms with E-state index in [1.807, 2.05) is 36.4 Å². The molecule has 5 rings (SSSR count). The molecule has 180 valence electrons. The molecule has 1 fully saturated rings. The fraction of sp³-hybridized carbons (Fsp3) is 0.308. The highest BCUT2D eigenvalue weighted by molar-refractivity contribution is 5.96. The molecule has 1 heterocycles. The molecule has 0 spiro atoms. The normalized spacial score (nSPS) is 15.8. The summed E-state index contributed by atoms with van der Waals surface area (Å²) >= 11 is 0. The number of fused-ring (bicyclic) bond motifs is 3. The third-order valence-corrected chi connectivity index (χ3v) is 6.76. The predicted molar refractivity (Wildman–Crippen MR) is 125 cm³/mol. The van der Waals surface area contributed by atoms with E-state index in [4.69, 9.17) is 9.26 Å². The number of hydrogen-bond donors (Lipinski definition) is 3. The van der Waals surface area contributed by atoms with Crippen LogP contribution in [0.1, 0.15) is 59.0 Å². The van der Waals surface area contributed by atoms with Crippen molar-refractivity contribution in [2.45, 2.75) is 43.7 Å². The van der Waals surface area contributed by atoms with Crippen molar-refractivity contribution in [2.75, 3.05) is 6.61 Å². The van der Waals surface area contributed by atoms with E-state index in [-0.39, 0.29) is 30.5 Å². The maximum Gasteiger partial charge on any atom is 0.407 e. The molecule has 0 radical (unpaired) electrons. The molecule has 35 heavy (non-hydrogen) atoms. The second-order valence-electron chi connectivity index (χ2n) is 8.91. The zero-order valence-electron chi connectivity index (χ0n) is 19.0. The first-order valence-corrected chi connectivity index (χ1v) is 11.6. The first-order valence-electron chi connectivity index (χ1n) is 11.6. The third kappa shape index (κ3) is 4.37. The maximum absolute atomic E-state index is 12.5. The van der Waals surface area contributed by atoms with Crippen molar-refractivity contribution in [1.82, 2.24) is 15.8 Å². The van der Waals surface area contributed by atoms with Gasteiger partial charge in [0.25, 0.3) is 5.91 Å². The number of aliphatic carboxylic acids is 1. The molecule has 9 heteroatoms. The topological polar surface area (TPSA) is 131 Å². The smallest absolute Gasteiger partial charge is 0.407 e. The van der Waals surface area contributed by atoms with Gasteiger partial charge in [0.1, 0.15) is 12.1 Å². The molecule has 3 aromatic rings. The van der Waals surface area contributed by atoms with Gasteiger partial charge in [-0.2, -0.15) is 0 Å². The van der Waals surface area contributed by atoms with Gasteiger partial charge in [0, 0.05) is 12.0 Å². The van der Waals surface area contributed by atoms with Crippen molar-refractivity contribution < 1.29 is 28.8 Å². The van der Waals surface area contributed by atoms with E-state index in [0.717, 1.165) is 35.1 Å². The maximum atomic E-state index is 12.5. The zero-order chi connectivity index (χ0) is 24.4. The van der Waals surface area contributed by atoms with Crippen molar-refractivity contribution in [2.24, 2.45) is 0 Å². The largest absolute Gasteiger partial charge is 0.480 e. The van der Waals surface area contributed by atoms with Crippen molar-refractivity contribution in [3.63, 3.8) is 0 Å². The highest BCUT2D eigenvalue weighted by Gasteiger charge is 2.43. The standard InChI is InChI=1S/C26H25N3O6/c30-23(28-26(24(31)32)11-5-6-12-26)22-13-16(35-29-22)14-27-25(33)34-15-21-19-9-3-1-7-17(19)18-8-2-4-10-20(18)21/h1-4,7-10,13,21H,5-6,11-12,14-15H2,(H,27,33)(H,28,30)(H,31,32). The Labute approximate surface area is 201 Å². The third-order valence-electron chi connectivity index (χ3n) is 6.76. The summed E-state index contributed by atoms with van der Waals surface area (Å²) in [6, 6.07) is 17.5. The molecule has 0 aliphatic heterocycles. The van der Waals surface area contributed by atoms with Crippen LogP contribution in [-0.4, -0.2) is 40.4 Å². The molecular weight excluding hydrogens is 450 g/mol. The van der Waals surface area contributed by atoms with E-state index >= 15 is 0 Å². The Hall–Kier alpha value is -4.14. The number of carbonyl (C=O) groups excluding carboxylic acids is 2. The lowest BCUT2D eigenvalue weighted by Crippen LogP contribution is -2.52. The molecular formula is C26H25N3O6. The second-order valence-corrected chi connectivity index (χ2v) is 8.91. The number of alkyl carbamates (subject to hydrolysis) is 1. The number of carbonyl (C=O) groups is 3. The molecule has 0 saturated heterocycles. The van der Waals surface area contributed by atoms with Gasteiger partial charge in [0.05, 0.1) is 6.54 Å². The number of ether oxygens (including phenoxy) is 1. The van der Waals surface area contributed by atoms with Crippen LogP contribution >= 0.6 is 0 Å². The SMILES string of the molecule is O=C(NCc1cc(C(=O)NC2(C(=O)O)CCCC2)no1)OCC1c2ccccc2-c2ccccc21. The van der Waals surface area contributed by atoms with E-state index in [1.54, 1.807) is 0 Å². The molecule has 1 aromatic heterocycles. The van der Waals surface area contributed by atoms with Crippen LogP contribution in [-0.2, 0) is 16.1 Å². The quantitative estimate of drug-likeness (QED) is 0.473. The Bertz CT molecular complexity index is 1230. The Balaban J connectivity index is 1.16. The number of aromatic nitrogens is 1. The van der Waals surface area contributed by atoms with Crippen LogP contribution in [0, 0.1) is 0 Å². The number of nitrogens with one attached hydrogen (secondary N) is 2. The van der Waals surface area contributed by atoms with Crippen molar-refractivity contribution in [3.05, 3.63) is 77.2 Å². The van der Waals surface area contributed by atoms with Crippen LogP contribution in [0.5, 0.6) is 0 Å². The summed E-state index contributed by atoms with van der Waals surface area (Å²) in [5, 5.41) is 18.4. The Morgan fingerprint density at radius 3 is 2.29 bits per heavy atom. The highest BCUT2D eigenvalue weighted by atomic mass is 16.5. The van der Waals surface area contributed by atoms with E-state index in [2.05, 4.69) is 27.9 Å². The summed E-state index contributed by atoms with van der Waals surface area (Å²) in [5.74, 6) is -1.47. The lowest BCUT2D eigenvalue weighted by Gasteiger charge is -2.24. The Kier molecular flexibility index (Phi) is 5.98. The average Bonchev–Trinajstić information content (AvgIpc) is 3.60. The minimum atomic E-state index is -1.27. The number of nitrogens with zero attached hydrogens (tertiary/aromatic N) is 1. The fourth-order valence-electron chi connectivity index (χ4n) is 4.96. The van der Waals surface area contributed by atoms with Gasteiger partial charge >= 0.3 is 12.1 Å². The van der Waals surface area contributed by atoms with Crippen LogP contribution in [0.3, 0.4) is 0 Å². The molecule has 2 amide bonds. The average molecular weight is 476 g/mol. The van der Waals surface area contributed by atoms with E-state index < -0.39 is 23.5 Å². The zero-order valence-corrected chi connectivity index (χ0v) is 19.0. The van der Waals surface area contributed by atoms with E-state index in [9.17, 15) is 19.5 Å². The van der Waals surface area contributed by atoms with Crippen molar-refractivity contribution in [1.29, 1.82) is 0 Å². The minimum absolute atomic E-state index is 0.0268. The van der Waals surface area contributed by atoms with Crippen molar-refractivity contribution in [3.8, 4) is 11.1 Å². The summed E-state index contributed by atoms with van der Waals surface area (Å²) in [7, 11) is 0.